The van der Waals surface area contributed by atoms with Gasteiger partial charge in [0.1, 0.15) is 11.6 Å². The molecule has 0 N–H and O–H groups in total. The van der Waals surface area contributed by atoms with Crippen molar-refractivity contribution in [3.05, 3.63) is 0 Å². The van der Waals surface area contributed by atoms with Crippen LogP contribution in [0.2, 0.25) is 0 Å². The molecule has 0 aromatic rings. The van der Waals surface area contributed by atoms with Gasteiger partial charge in [0.15, 0.2) is 0 Å². The highest BCUT2D eigenvalue weighted by atomic mass is 16.5. The Balaban J connectivity index is 4.28. The molecule has 0 amide bonds. The van der Waals surface area contributed by atoms with Gasteiger partial charge in [-0.2, -0.15) is 0 Å². The molecule has 0 aliphatic rings. The molecule has 0 saturated carbocycles. The fourth-order valence-electron chi connectivity index (χ4n) is 1.49. The normalized spacial score (nSPS) is 10.2. The van der Waals surface area contributed by atoms with E-state index in [4.69, 9.17) is 4.74 Å². The number of carbonyl (C=O) groups is 3. The highest BCUT2D eigenvalue weighted by molar-refractivity contribution is 6.02. The van der Waals surface area contributed by atoms with Crippen molar-refractivity contribution in [1.82, 2.24) is 0 Å². The molecule has 0 saturated heterocycles. The summed E-state index contributed by atoms with van der Waals surface area (Å²) in [6, 6.07) is 0. The number of esters is 1. The van der Waals surface area contributed by atoms with Crippen LogP contribution in [0.15, 0.2) is 0 Å². The Bertz CT molecular complexity index is 242. The molecule has 0 bridgehead atoms. The molecule has 16 heavy (non-hydrogen) atoms. The van der Waals surface area contributed by atoms with Gasteiger partial charge in [0.05, 0.1) is 12.5 Å². The second-order valence-corrected chi connectivity index (χ2v) is 3.54. The first kappa shape index (κ1) is 14.8. The largest absolute Gasteiger partial charge is 0.466 e. The van der Waals surface area contributed by atoms with Crippen molar-refractivity contribution in [3.63, 3.8) is 0 Å². The van der Waals surface area contributed by atoms with Crippen LogP contribution in [0.4, 0.5) is 0 Å². The number of hydrogen-bond donors (Lipinski definition) is 0. The van der Waals surface area contributed by atoms with Crippen LogP contribution in [0.25, 0.3) is 0 Å². The van der Waals surface area contributed by atoms with Gasteiger partial charge in [0.2, 0.25) is 0 Å². The summed E-state index contributed by atoms with van der Waals surface area (Å²) in [4.78, 5) is 34.1. The van der Waals surface area contributed by atoms with Gasteiger partial charge >= 0.3 is 5.97 Å². The van der Waals surface area contributed by atoms with E-state index in [2.05, 4.69) is 0 Å². The topological polar surface area (TPSA) is 60.4 Å². The smallest absolute Gasteiger partial charge is 0.305 e. The second kappa shape index (κ2) is 8.02. The van der Waals surface area contributed by atoms with E-state index in [0.717, 1.165) is 0 Å². The maximum atomic E-state index is 11.5. The summed E-state index contributed by atoms with van der Waals surface area (Å²) in [7, 11) is 0. The van der Waals surface area contributed by atoms with Crippen LogP contribution in [0.5, 0.6) is 0 Å². The SMILES string of the molecule is CCOC(=O)CCC(C(=O)CC)C(=O)CC. The standard InChI is InChI=1S/C12H20O4/c1-4-10(13)9(11(14)5-2)7-8-12(15)16-6-3/h9H,4-8H2,1-3H3. The predicted molar refractivity (Wildman–Crippen MR) is 60.0 cm³/mol. The molecule has 0 aliphatic heterocycles. The van der Waals surface area contributed by atoms with E-state index in [9.17, 15) is 14.4 Å². The van der Waals surface area contributed by atoms with E-state index in [1.54, 1.807) is 20.8 Å². The first-order valence-electron chi connectivity index (χ1n) is 5.77. The molecule has 92 valence electrons. The van der Waals surface area contributed by atoms with E-state index in [0.29, 0.717) is 19.4 Å². The van der Waals surface area contributed by atoms with E-state index >= 15 is 0 Å². The van der Waals surface area contributed by atoms with Crippen LogP contribution in [-0.2, 0) is 19.1 Å². The second-order valence-electron chi connectivity index (χ2n) is 3.54. The Morgan fingerprint density at radius 2 is 1.50 bits per heavy atom. The molecule has 0 unspecified atom stereocenters. The monoisotopic (exact) mass is 228 g/mol. The van der Waals surface area contributed by atoms with Crippen molar-refractivity contribution in [3.8, 4) is 0 Å². The third kappa shape index (κ3) is 5.05. The summed E-state index contributed by atoms with van der Waals surface area (Å²) in [6.07, 6.45) is 1.08. The lowest BCUT2D eigenvalue weighted by atomic mass is 9.91. The van der Waals surface area contributed by atoms with Crippen molar-refractivity contribution in [2.75, 3.05) is 6.61 Å². The summed E-state index contributed by atoms with van der Waals surface area (Å²) in [6.45, 7) is 5.50. The van der Waals surface area contributed by atoms with E-state index in [-0.39, 0.29) is 30.4 Å². The summed E-state index contributed by atoms with van der Waals surface area (Å²) in [5, 5.41) is 0. The zero-order valence-corrected chi connectivity index (χ0v) is 10.2. The fraction of sp³-hybridized carbons (Fsp3) is 0.750. The van der Waals surface area contributed by atoms with E-state index in [1.165, 1.54) is 0 Å². The van der Waals surface area contributed by atoms with E-state index < -0.39 is 5.92 Å². The zero-order valence-electron chi connectivity index (χ0n) is 10.2. The van der Waals surface area contributed by atoms with Crippen molar-refractivity contribution >= 4 is 17.5 Å². The van der Waals surface area contributed by atoms with Crippen LogP contribution < -0.4 is 0 Å². The number of Topliss-reactive ketones (excluding diaryl/α,β-unsaturated/α-hetero) is 2. The van der Waals surface area contributed by atoms with Crippen molar-refractivity contribution in [2.45, 2.75) is 46.5 Å². The summed E-state index contributed by atoms with van der Waals surface area (Å²) < 4.78 is 4.76. The van der Waals surface area contributed by atoms with Crippen LogP contribution in [0, 0.1) is 5.92 Å². The highest BCUT2D eigenvalue weighted by Crippen LogP contribution is 2.14. The summed E-state index contributed by atoms with van der Waals surface area (Å²) in [5.41, 5.74) is 0. The third-order valence-corrected chi connectivity index (χ3v) is 2.42. The number of ether oxygens (including phenoxy) is 1. The van der Waals surface area contributed by atoms with Crippen molar-refractivity contribution < 1.29 is 19.1 Å². The first-order valence-corrected chi connectivity index (χ1v) is 5.77. The summed E-state index contributed by atoms with van der Waals surface area (Å²) >= 11 is 0. The lowest BCUT2D eigenvalue weighted by Crippen LogP contribution is -2.24. The average Bonchev–Trinajstić information content (AvgIpc) is 2.28. The number of carbonyl (C=O) groups excluding carboxylic acids is 3. The number of ketones is 2. The van der Waals surface area contributed by atoms with Gasteiger partial charge in [-0.15, -0.1) is 0 Å². The average molecular weight is 228 g/mol. The molecule has 0 heterocycles. The van der Waals surface area contributed by atoms with Gasteiger partial charge < -0.3 is 4.74 Å². The van der Waals surface area contributed by atoms with Crippen molar-refractivity contribution in [2.24, 2.45) is 5.92 Å². The van der Waals surface area contributed by atoms with Crippen LogP contribution in [-0.4, -0.2) is 24.1 Å². The van der Waals surface area contributed by atoms with Gasteiger partial charge in [0.25, 0.3) is 0 Å². The molecule has 0 aliphatic carbocycles. The minimum atomic E-state index is -0.626. The molecule has 0 aromatic heterocycles. The lowest BCUT2D eigenvalue weighted by Gasteiger charge is -2.12. The molecule has 4 nitrogen and oxygen atoms in total. The molecular weight excluding hydrogens is 208 g/mol. The maximum Gasteiger partial charge on any atom is 0.305 e. The van der Waals surface area contributed by atoms with Crippen molar-refractivity contribution in [1.29, 1.82) is 0 Å². The summed E-state index contributed by atoms with van der Waals surface area (Å²) in [5.74, 6) is -1.15. The van der Waals surface area contributed by atoms with Crippen LogP contribution in [0.1, 0.15) is 46.5 Å². The highest BCUT2D eigenvalue weighted by Gasteiger charge is 2.24. The quantitative estimate of drug-likeness (QED) is 0.470. The van der Waals surface area contributed by atoms with Gasteiger partial charge in [-0.25, -0.2) is 0 Å². The molecule has 0 spiro atoms. The Hall–Kier alpha value is -1.19. The van der Waals surface area contributed by atoms with Gasteiger partial charge in [-0.05, 0) is 13.3 Å². The Morgan fingerprint density at radius 3 is 1.88 bits per heavy atom. The molecular formula is C12H20O4. The molecule has 0 rings (SSSR count). The van der Waals surface area contributed by atoms with Gasteiger partial charge in [-0.1, -0.05) is 13.8 Å². The molecule has 0 atom stereocenters. The Morgan fingerprint density at radius 1 is 1.00 bits per heavy atom. The molecule has 0 fully saturated rings. The fourth-order valence-corrected chi connectivity index (χ4v) is 1.49. The molecule has 4 heteroatoms. The number of rotatable bonds is 8. The Labute approximate surface area is 96.4 Å². The zero-order chi connectivity index (χ0) is 12.6. The lowest BCUT2D eigenvalue weighted by molar-refractivity contribution is -0.143. The van der Waals surface area contributed by atoms with Gasteiger partial charge in [-0.3, -0.25) is 14.4 Å². The molecule has 0 aromatic carbocycles. The maximum absolute atomic E-state index is 11.5. The minimum Gasteiger partial charge on any atom is -0.466 e. The van der Waals surface area contributed by atoms with Gasteiger partial charge in [0, 0.05) is 19.3 Å². The Kier molecular flexibility index (Phi) is 7.42. The third-order valence-electron chi connectivity index (χ3n) is 2.42. The number of hydrogen-bond acceptors (Lipinski definition) is 4. The van der Waals surface area contributed by atoms with E-state index in [1.807, 2.05) is 0 Å². The first-order chi connectivity index (χ1) is 7.56. The molecule has 0 radical (unpaired) electrons. The minimum absolute atomic E-state index is 0.0869. The predicted octanol–water partition coefficient (Wildman–Crippen LogP) is 1.90. The van der Waals surface area contributed by atoms with Crippen LogP contribution >= 0.6 is 0 Å². The van der Waals surface area contributed by atoms with Crippen LogP contribution in [0.3, 0.4) is 0 Å².